The van der Waals surface area contributed by atoms with Crippen LogP contribution in [0.2, 0.25) is 0 Å². The summed E-state index contributed by atoms with van der Waals surface area (Å²) in [6.45, 7) is 0.649. The molecular weight excluding hydrogens is 260 g/mol. The molecule has 6 nitrogen and oxygen atoms in total. The maximum absolute atomic E-state index is 12.0. The number of nitrogens with one attached hydrogen (secondary N) is 1. The van der Waals surface area contributed by atoms with Crippen molar-refractivity contribution >= 4 is 5.91 Å². The van der Waals surface area contributed by atoms with E-state index in [1.165, 1.54) is 7.11 Å². The van der Waals surface area contributed by atoms with Crippen molar-refractivity contribution in [3.05, 3.63) is 47.2 Å². The largest absolute Gasteiger partial charge is 0.364 e. The van der Waals surface area contributed by atoms with E-state index in [2.05, 4.69) is 5.32 Å². The molecule has 1 amide bonds. The van der Waals surface area contributed by atoms with Gasteiger partial charge in [0.05, 0.1) is 11.6 Å². The van der Waals surface area contributed by atoms with Crippen molar-refractivity contribution in [3.8, 4) is 6.07 Å². The number of amides is 1. The molecule has 0 radical (unpaired) electrons. The fourth-order valence-electron chi connectivity index (χ4n) is 1.73. The van der Waals surface area contributed by atoms with Gasteiger partial charge in [-0.05, 0) is 23.8 Å². The molecule has 1 aromatic rings. The van der Waals surface area contributed by atoms with Gasteiger partial charge in [-0.2, -0.15) is 10.1 Å². The van der Waals surface area contributed by atoms with Gasteiger partial charge in [-0.1, -0.05) is 12.1 Å². The minimum absolute atomic E-state index is 0.304. The van der Waals surface area contributed by atoms with Crippen LogP contribution in [-0.2, 0) is 25.9 Å². The minimum atomic E-state index is -0.823. The molecule has 1 aliphatic heterocycles. The Hall–Kier alpha value is -2.36. The van der Waals surface area contributed by atoms with Gasteiger partial charge >= 0.3 is 0 Å². The van der Waals surface area contributed by atoms with Gasteiger partial charge in [0, 0.05) is 13.7 Å². The fourth-order valence-corrected chi connectivity index (χ4v) is 1.73. The lowest BCUT2D eigenvalue weighted by atomic mass is 10.1. The number of benzene rings is 1. The molecule has 0 aromatic heterocycles. The van der Waals surface area contributed by atoms with E-state index in [0.717, 1.165) is 5.56 Å². The summed E-state index contributed by atoms with van der Waals surface area (Å²) >= 11 is 0. The van der Waals surface area contributed by atoms with Crippen LogP contribution in [0.15, 0.2) is 36.1 Å². The number of methoxy groups -OCH3 is 1. The number of rotatable bonds is 5. The summed E-state index contributed by atoms with van der Waals surface area (Å²) in [6.07, 6.45) is 0.825. The van der Waals surface area contributed by atoms with Crippen molar-refractivity contribution in [1.29, 1.82) is 5.26 Å². The smallest absolute Gasteiger partial charge is 0.257 e. The second-order valence-electron chi connectivity index (χ2n) is 4.12. The third kappa shape index (κ3) is 3.35. The lowest BCUT2D eigenvalue weighted by molar-refractivity contribution is -0.243. The molecule has 1 unspecified atom stereocenters. The van der Waals surface area contributed by atoms with Gasteiger partial charge < -0.3 is 14.9 Å². The van der Waals surface area contributed by atoms with Gasteiger partial charge in [0.2, 0.25) is 0 Å². The summed E-state index contributed by atoms with van der Waals surface area (Å²) in [5, 5.41) is 11.4. The van der Waals surface area contributed by atoms with Gasteiger partial charge in [-0.25, -0.2) is 0 Å². The molecule has 1 N–H and O–H groups in total. The predicted molar refractivity (Wildman–Crippen MR) is 68.9 cm³/mol. The first-order chi connectivity index (χ1) is 9.74. The molecule has 0 saturated carbocycles. The van der Waals surface area contributed by atoms with Crippen molar-refractivity contribution in [2.45, 2.75) is 12.6 Å². The van der Waals surface area contributed by atoms with Crippen LogP contribution in [-0.4, -0.2) is 25.7 Å². The lowest BCUT2D eigenvalue weighted by Crippen LogP contribution is -2.36. The highest BCUT2D eigenvalue weighted by molar-refractivity contribution is 5.83. The number of nitrogens with zero attached hydrogens (tertiary/aromatic N) is 1. The zero-order chi connectivity index (χ0) is 14.4. The van der Waals surface area contributed by atoms with E-state index < -0.39 is 6.10 Å². The molecule has 2 rings (SSSR count). The number of carbonyl (C=O) groups is 1. The molecule has 1 atom stereocenters. The molecule has 0 bridgehead atoms. The van der Waals surface area contributed by atoms with E-state index in [1.807, 2.05) is 6.07 Å². The van der Waals surface area contributed by atoms with Crippen molar-refractivity contribution in [1.82, 2.24) is 5.32 Å². The van der Waals surface area contributed by atoms with Crippen LogP contribution in [0.4, 0.5) is 0 Å². The minimum Gasteiger partial charge on any atom is -0.364 e. The number of hydrogen-bond acceptors (Lipinski definition) is 5. The van der Waals surface area contributed by atoms with Crippen LogP contribution in [0.1, 0.15) is 11.1 Å². The van der Waals surface area contributed by atoms with Gasteiger partial charge in [0.1, 0.15) is 6.61 Å². The molecule has 0 aliphatic carbocycles. The highest BCUT2D eigenvalue weighted by atomic mass is 17.2. The van der Waals surface area contributed by atoms with Crippen molar-refractivity contribution < 1.29 is 19.3 Å². The molecule has 1 aromatic carbocycles. The third-order valence-electron chi connectivity index (χ3n) is 2.79. The van der Waals surface area contributed by atoms with Gasteiger partial charge in [-0.3, -0.25) is 4.79 Å². The standard InChI is InChI=1S/C14H14N2O4/c1-18-13(12-6-7-19-20-12)14(17)16-9-11-4-2-10(8-15)3-5-11/h2-6,13H,7,9H2,1H3,(H,16,17). The fraction of sp³-hybridized carbons (Fsp3) is 0.286. The van der Waals surface area contributed by atoms with E-state index in [9.17, 15) is 4.79 Å². The van der Waals surface area contributed by atoms with E-state index in [4.69, 9.17) is 19.8 Å². The summed E-state index contributed by atoms with van der Waals surface area (Å²) in [7, 11) is 1.43. The van der Waals surface area contributed by atoms with Gasteiger partial charge in [0.15, 0.2) is 11.9 Å². The SMILES string of the molecule is COC(C(=O)NCc1ccc(C#N)cc1)C1=CCOO1. The molecule has 0 saturated heterocycles. The highest BCUT2D eigenvalue weighted by Crippen LogP contribution is 2.14. The average molecular weight is 274 g/mol. The molecule has 0 fully saturated rings. The Bertz CT molecular complexity index is 545. The van der Waals surface area contributed by atoms with Crippen molar-refractivity contribution in [2.24, 2.45) is 0 Å². The summed E-state index contributed by atoms with van der Waals surface area (Å²) in [6, 6.07) is 9.01. The van der Waals surface area contributed by atoms with Crippen molar-refractivity contribution in [2.75, 3.05) is 13.7 Å². The summed E-state index contributed by atoms with van der Waals surface area (Å²) in [5.74, 6) is 0.0402. The Morgan fingerprint density at radius 2 is 2.25 bits per heavy atom. The molecule has 1 aliphatic rings. The third-order valence-corrected chi connectivity index (χ3v) is 2.79. The normalized spacial score (nSPS) is 14.9. The number of hydrogen-bond donors (Lipinski definition) is 1. The summed E-state index contributed by atoms with van der Waals surface area (Å²) < 4.78 is 5.09. The Morgan fingerprint density at radius 1 is 1.50 bits per heavy atom. The van der Waals surface area contributed by atoms with Crippen LogP contribution in [0.5, 0.6) is 0 Å². The maximum Gasteiger partial charge on any atom is 0.257 e. The quantitative estimate of drug-likeness (QED) is 0.811. The first kappa shape index (κ1) is 14.1. The number of carbonyl (C=O) groups excluding carboxylic acids is 1. The molecule has 104 valence electrons. The van der Waals surface area contributed by atoms with Gasteiger partial charge in [0.25, 0.3) is 5.91 Å². The van der Waals surface area contributed by atoms with E-state index >= 15 is 0 Å². The molecule has 6 heteroatoms. The van der Waals surface area contributed by atoms with Crippen molar-refractivity contribution in [3.63, 3.8) is 0 Å². The number of nitriles is 1. The van der Waals surface area contributed by atoms with E-state index in [1.54, 1.807) is 30.3 Å². The van der Waals surface area contributed by atoms with E-state index in [0.29, 0.717) is 24.5 Å². The molecule has 1 heterocycles. The average Bonchev–Trinajstić information content (AvgIpc) is 3.00. The topological polar surface area (TPSA) is 80.6 Å². The molecule has 20 heavy (non-hydrogen) atoms. The first-order valence-electron chi connectivity index (χ1n) is 6.03. The second kappa shape index (κ2) is 6.70. The second-order valence-corrected chi connectivity index (χ2v) is 4.12. The van der Waals surface area contributed by atoms with E-state index in [-0.39, 0.29) is 5.91 Å². The Labute approximate surface area is 116 Å². The lowest BCUT2D eigenvalue weighted by Gasteiger charge is -2.14. The summed E-state index contributed by atoms with van der Waals surface area (Å²) in [5.41, 5.74) is 1.47. The Balaban J connectivity index is 1.91. The zero-order valence-corrected chi connectivity index (χ0v) is 11.0. The van der Waals surface area contributed by atoms with Crippen LogP contribution >= 0.6 is 0 Å². The predicted octanol–water partition coefficient (Wildman–Crippen LogP) is 1.04. The summed E-state index contributed by atoms with van der Waals surface area (Å²) in [4.78, 5) is 21.5. The zero-order valence-electron chi connectivity index (χ0n) is 11.0. The Kier molecular flexibility index (Phi) is 4.71. The van der Waals surface area contributed by atoms with Crippen LogP contribution in [0, 0.1) is 11.3 Å². The first-order valence-corrected chi connectivity index (χ1v) is 6.03. The molecule has 0 spiro atoms. The van der Waals surface area contributed by atoms with Crippen LogP contribution in [0.25, 0.3) is 0 Å². The molecular formula is C14H14N2O4. The van der Waals surface area contributed by atoms with Crippen LogP contribution < -0.4 is 5.32 Å². The monoisotopic (exact) mass is 274 g/mol. The van der Waals surface area contributed by atoms with Crippen LogP contribution in [0.3, 0.4) is 0 Å². The van der Waals surface area contributed by atoms with Gasteiger partial charge in [-0.15, -0.1) is 0 Å². The maximum atomic E-state index is 12.0. The highest BCUT2D eigenvalue weighted by Gasteiger charge is 2.27. The Morgan fingerprint density at radius 3 is 2.80 bits per heavy atom. The number of ether oxygens (including phenoxy) is 1.